The average molecular weight is 401 g/mol. The van der Waals surface area contributed by atoms with Crippen LogP contribution in [0.2, 0.25) is 0 Å². The molecule has 0 spiro atoms. The van der Waals surface area contributed by atoms with Crippen molar-refractivity contribution in [2.45, 2.75) is 11.4 Å². The van der Waals surface area contributed by atoms with Gasteiger partial charge >= 0.3 is 0 Å². The van der Waals surface area contributed by atoms with Gasteiger partial charge in [0.25, 0.3) is 5.91 Å². The predicted molar refractivity (Wildman–Crippen MR) is 104 cm³/mol. The van der Waals surface area contributed by atoms with Gasteiger partial charge in [-0.2, -0.15) is 0 Å². The zero-order valence-corrected chi connectivity index (χ0v) is 16.4. The number of carbonyl (C=O) groups excluding carboxylic acids is 2. The first-order valence-electron chi connectivity index (χ1n) is 8.59. The fourth-order valence-electron chi connectivity index (χ4n) is 3.49. The van der Waals surface area contributed by atoms with Gasteiger partial charge in [-0.15, -0.1) is 11.8 Å². The highest BCUT2D eigenvalue weighted by Gasteiger charge is 2.50. The van der Waals surface area contributed by atoms with Crippen molar-refractivity contribution in [2.24, 2.45) is 0 Å². The topological polar surface area (TPSA) is 90.0 Å². The summed E-state index contributed by atoms with van der Waals surface area (Å²) in [6, 6.07) is 6.42. The Hall–Kier alpha value is -2.94. The van der Waals surface area contributed by atoms with E-state index in [1.165, 1.54) is 27.5 Å². The Labute approximate surface area is 166 Å². The van der Waals surface area contributed by atoms with Crippen LogP contribution >= 0.6 is 11.8 Å². The summed E-state index contributed by atoms with van der Waals surface area (Å²) in [7, 11) is 4.55. The monoisotopic (exact) mass is 401 g/mol. The maximum atomic E-state index is 13.1. The minimum atomic E-state index is -0.590. The zero-order chi connectivity index (χ0) is 19.8. The lowest BCUT2D eigenvalue weighted by Gasteiger charge is -2.22. The number of carbonyl (C=O) groups is 2. The fraction of sp³-hybridized carbons (Fsp3) is 0.316. The molecule has 0 bridgehead atoms. The molecule has 1 aromatic carbocycles. The van der Waals surface area contributed by atoms with Gasteiger partial charge in [0.05, 0.1) is 38.8 Å². The Balaban J connectivity index is 1.59. The molecule has 2 unspecified atom stereocenters. The molecular weight excluding hydrogens is 382 g/mol. The lowest BCUT2D eigenvalue weighted by atomic mass is 10.1. The molecule has 3 heterocycles. The number of fused-ring (bicyclic) bond motifs is 3. The van der Waals surface area contributed by atoms with Gasteiger partial charge in [0, 0.05) is 17.4 Å². The highest BCUT2D eigenvalue weighted by Crippen LogP contribution is 2.52. The highest BCUT2D eigenvalue weighted by molar-refractivity contribution is 7.99. The van der Waals surface area contributed by atoms with Gasteiger partial charge in [0.15, 0.2) is 11.5 Å². The van der Waals surface area contributed by atoms with E-state index in [-0.39, 0.29) is 17.2 Å². The highest BCUT2D eigenvalue weighted by atomic mass is 32.2. The van der Waals surface area contributed by atoms with E-state index in [1.54, 1.807) is 34.9 Å². The Bertz CT molecular complexity index is 934. The Kier molecular flexibility index (Phi) is 4.76. The quantitative estimate of drug-likeness (QED) is 0.822. The van der Waals surface area contributed by atoms with E-state index in [9.17, 15) is 9.59 Å². The number of pyridine rings is 1. The van der Waals surface area contributed by atoms with E-state index in [2.05, 4.69) is 10.3 Å². The predicted octanol–water partition coefficient (Wildman–Crippen LogP) is 2.32. The van der Waals surface area contributed by atoms with Gasteiger partial charge in [-0.3, -0.25) is 9.59 Å². The van der Waals surface area contributed by atoms with Gasteiger partial charge in [0.1, 0.15) is 11.4 Å². The number of aromatic nitrogens is 1. The van der Waals surface area contributed by atoms with Crippen molar-refractivity contribution in [3.8, 4) is 17.4 Å². The molecule has 1 saturated heterocycles. The summed E-state index contributed by atoms with van der Waals surface area (Å²) in [5.74, 6) is 1.38. The number of nitrogens with one attached hydrogen (secondary N) is 1. The van der Waals surface area contributed by atoms with Crippen LogP contribution in [0.3, 0.4) is 0 Å². The standard InChI is InChI=1S/C19H19N3O5S/c1-25-13-6-5-11-15(16(13)27-3)18(24)22-12(9-28-19(11)22)17(23)21-10-4-7-14(26-2)20-8-10/h4-8,12,19H,9H2,1-3H3,(H,21,23). The summed E-state index contributed by atoms with van der Waals surface area (Å²) in [5.41, 5.74) is 1.85. The molecule has 146 valence electrons. The second-order valence-corrected chi connectivity index (χ2v) is 7.37. The van der Waals surface area contributed by atoms with Gasteiger partial charge in [-0.1, -0.05) is 6.07 Å². The van der Waals surface area contributed by atoms with Crippen molar-refractivity contribution in [3.63, 3.8) is 0 Å². The fourth-order valence-corrected chi connectivity index (χ4v) is 4.95. The van der Waals surface area contributed by atoms with E-state index < -0.39 is 6.04 Å². The van der Waals surface area contributed by atoms with E-state index in [0.717, 1.165) is 5.56 Å². The second kappa shape index (κ2) is 7.23. The number of hydrogen-bond donors (Lipinski definition) is 1. The van der Waals surface area contributed by atoms with E-state index in [4.69, 9.17) is 14.2 Å². The van der Waals surface area contributed by atoms with Gasteiger partial charge in [-0.25, -0.2) is 4.98 Å². The first kappa shape index (κ1) is 18.4. The van der Waals surface area contributed by atoms with Crippen LogP contribution in [-0.4, -0.2) is 54.8 Å². The van der Waals surface area contributed by atoms with Crippen molar-refractivity contribution >= 4 is 29.3 Å². The number of rotatable bonds is 5. The van der Waals surface area contributed by atoms with Crippen LogP contribution in [0.25, 0.3) is 0 Å². The summed E-state index contributed by atoms with van der Waals surface area (Å²) in [4.78, 5) is 31.7. The van der Waals surface area contributed by atoms with Crippen LogP contribution < -0.4 is 19.5 Å². The van der Waals surface area contributed by atoms with Crippen molar-refractivity contribution in [2.75, 3.05) is 32.4 Å². The number of methoxy groups -OCH3 is 3. The molecule has 2 aliphatic heterocycles. The van der Waals surface area contributed by atoms with E-state index in [0.29, 0.717) is 34.4 Å². The van der Waals surface area contributed by atoms with Gasteiger partial charge in [-0.05, 0) is 12.1 Å². The van der Waals surface area contributed by atoms with E-state index in [1.807, 2.05) is 6.07 Å². The van der Waals surface area contributed by atoms with Crippen molar-refractivity contribution in [1.82, 2.24) is 9.88 Å². The minimum absolute atomic E-state index is 0.216. The molecule has 8 nitrogen and oxygen atoms in total. The van der Waals surface area contributed by atoms with E-state index >= 15 is 0 Å². The summed E-state index contributed by atoms with van der Waals surface area (Å²) in [6.07, 6.45) is 1.52. The molecule has 2 aliphatic rings. The van der Waals surface area contributed by atoms with Crippen LogP contribution in [0.1, 0.15) is 21.3 Å². The van der Waals surface area contributed by atoms with Crippen LogP contribution in [0.4, 0.5) is 5.69 Å². The Morgan fingerprint density at radius 3 is 2.64 bits per heavy atom. The summed E-state index contributed by atoms with van der Waals surface area (Å²) in [6.45, 7) is 0. The molecule has 1 aromatic heterocycles. The molecular formula is C19H19N3O5S. The number of ether oxygens (including phenoxy) is 3. The molecule has 0 radical (unpaired) electrons. The Morgan fingerprint density at radius 1 is 1.18 bits per heavy atom. The van der Waals surface area contributed by atoms with Crippen LogP contribution in [0.5, 0.6) is 17.4 Å². The first-order chi connectivity index (χ1) is 13.6. The number of amides is 2. The third kappa shape index (κ3) is 2.82. The van der Waals surface area contributed by atoms with Gasteiger partial charge in [0.2, 0.25) is 11.8 Å². The van der Waals surface area contributed by atoms with Crippen molar-refractivity contribution in [3.05, 3.63) is 41.6 Å². The van der Waals surface area contributed by atoms with Crippen LogP contribution in [-0.2, 0) is 4.79 Å². The molecule has 2 amide bonds. The zero-order valence-electron chi connectivity index (χ0n) is 15.6. The molecule has 2 atom stereocenters. The first-order valence-corrected chi connectivity index (χ1v) is 9.64. The van der Waals surface area contributed by atoms with Gasteiger partial charge < -0.3 is 24.4 Å². The molecule has 0 aliphatic carbocycles. The van der Waals surface area contributed by atoms with Crippen LogP contribution in [0, 0.1) is 0 Å². The van der Waals surface area contributed by atoms with Crippen molar-refractivity contribution < 1.29 is 23.8 Å². The average Bonchev–Trinajstić information content (AvgIpc) is 3.28. The molecule has 9 heteroatoms. The third-order valence-electron chi connectivity index (χ3n) is 4.81. The maximum Gasteiger partial charge on any atom is 0.260 e. The van der Waals surface area contributed by atoms with Crippen LogP contribution in [0.15, 0.2) is 30.5 Å². The normalized spacial score (nSPS) is 19.8. The molecule has 4 rings (SSSR count). The third-order valence-corrected chi connectivity index (χ3v) is 6.11. The summed E-state index contributed by atoms with van der Waals surface area (Å²) in [5, 5.41) is 2.61. The molecule has 1 fully saturated rings. The maximum absolute atomic E-state index is 13.1. The largest absolute Gasteiger partial charge is 0.493 e. The SMILES string of the molecule is COc1ccc(NC(=O)C2CSC3c4ccc(OC)c(OC)c4C(=O)N23)cn1. The number of thioether (sulfide) groups is 1. The Morgan fingerprint density at radius 2 is 2.00 bits per heavy atom. The molecule has 0 saturated carbocycles. The molecule has 28 heavy (non-hydrogen) atoms. The lowest BCUT2D eigenvalue weighted by molar-refractivity contribution is -0.119. The minimum Gasteiger partial charge on any atom is -0.493 e. The smallest absolute Gasteiger partial charge is 0.260 e. The number of benzene rings is 1. The second-order valence-electron chi connectivity index (χ2n) is 6.26. The molecule has 2 aromatic rings. The summed E-state index contributed by atoms with van der Waals surface area (Å²) < 4.78 is 15.7. The van der Waals surface area contributed by atoms with Crippen molar-refractivity contribution in [1.29, 1.82) is 0 Å². The number of nitrogens with zero attached hydrogens (tertiary/aromatic N) is 2. The number of hydrogen-bond acceptors (Lipinski definition) is 7. The summed E-state index contributed by atoms with van der Waals surface area (Å²) >= 11 is 1.56. The lowest BCUT2D eigenvalue weighted by Crippen LogP contribution is -2.42. The molecule has 1 N–H and O–H groups in total. The number of anilines is 1.